The summed E-state index contributed by atoms with van der Waals surface area (Å²) in [6.45, 7) is 0. The van der Waals surface area contributed by atoms with E-state index in [1.165, 1.54) is 0 Å². The maximum atomic E-state index is 11.8. The number of halogens is 1. The number of aromatic amines is 1. The number of aliphatic carboxylic acids is 1. The summed E-state index contributed by atoms with van der Waals surface area (Å²) < 4.78 is 0. The average Bonchev–Trinajstić information content (AvgIpc) is 2.31. The number of hydrogen-bond acceptors (Lipinski definition) is 3. The molecule has 94 valence electrons. The summed E-state index contributed by atoms with van der Waals surface area (Å²) in [5, 5.41) is 9.92. The molecule has 5 nitrogen and oxygen atoms in total. The molecule has 0 amide bonds. The number of para-hydroxylation sites is 1. The highest BCUT2D eigenvalue weighted by Crippen LogP contribution is 2.20. The fourth-order valence-electron chi connectivity index (χ4n) is 1.72. The second-order valence-corrected chi connectivity index (χ2v) is 4.38. The molecule has 0 fully saturated rings. The van der Waals surface area contributed by atoms with Crippen molar-refractivity contribution in [2.45, 2.75) is 12.5 Å². The van der Waals surface area contributed by atoms with Crippen LogP contribution in [-0.2, 0) is 11.2 Å². The smallest absolute Gasteiger partial charge is 0.320 e. The number of rotatable bonds is 3. The van der Waals surface area contributed by atoms with Crippen LogP contribution in [0.2, 0.25) is 5.02 Å². The largest absolute Gasteiger partial charge is 0.480 e. The molecule has 0 saturated carbocycles. The summed E-state index contributed by atoms with van der Waals surface area (Å²) in [4.78, 5) is 25.1. The van der Waals surface area contributed by atoms with Crippen molar-refractivity contribution in [1.82, 2.24) is 4.98 Å². The molecule has 0 aliphatic carbocycles. The van der Waals surface area contributed by atoms with Crippen molar-refractivity contribution in [2.24, 2.45) is 5.73 Å². The summed E-state index contributed by atoms with van der Waals surface area (Å²) in [5.74, 6) is -1.14. The van der Waals surface area contributed by atoms with Crippen LogP contribution in [0.5, 0.6) is 0 Å². The maximum absolute atomic E-state index is 11.8. The predicted molar refractivity (Wildman–Crippen MR) is 68.9 cm³/mol. The summed E-state index contributed by atoms with van der Waals surface area (Å²) in [6.07, 6.45) is -0.0207. The van der Waals surface area contributed by atoms with E-state index in [-0.39, 0.29) is 12.0 Å². The maximum Gasteiger partial charge on any atom is 0.320 e. The molecule has 1 heterocycles. The standard InChI is InChI=1S/C12H11ClN2O3/c13-8-3-1-2-6-4-7(5-9(14)12(17)18)11(16)15-10(6)8/h1-4,9H,5,14H2,(H,15,16)(H,17,18). The summed E-state index contributed by atoms with van der Waals surface area (Å²) >= 11 is 5.95. The molecule has 1 aromatic carbocycles. The lowest BCUT2D eigenvalue weighted by atomic mass is 10.1. The number of benzene rings is 1. The Balaban J connectivity index is 2.50. The lowest BCUT2D eigenvalue weighted by Gasteiger charge is -2.07. The van der Waals surface area contributed by atoms with Gasteiger partial charge in [-0.05, 0) is 12.1 Å². The van der Waals surface area contributed by atoms with Gasteiger partial charge in [-0.2, -0.15) is 0 Å². The van der Waals surface area contributed by atoms with Gasteiger partial charge in [-0.25, -0.2) is 0 Å². The molecule has 0 aliphatic heterocycles. The molecule has 4 N–H and O–H groups in total. The number of hydrogen-bond donors (Lipinski definition) is 3. The van der Waals surface area contributed by atoms with Crippen molar-refractivity contribution in [2.75, 3.05) is 0 Å². The van der Waals surface area contributed by atoms with Gasteiger partial charge in [0.2, 0.25) is 0 Å². The Hall–Kier alpha value is -1.85. The highest BCUT2D eigenvalue weighted by molar-refractivity contribution is 6.35. The molecule has 6 heteroatoms. The van der Waals surface area contributed by atoms with E-state index < -0.39 is 12.0 Å². The van der Waals surface area contributed by atoms with Crippen molar-refractivity contribution in [3.8, 4) is 0 Å². The third-order valence-corrected chi connectivity index (χ3v) is 2.98. The van der Waals surface area contributed by atoms with Gasteiger partial charge in [-0.3, -0.25) is 9.59 Å². The zero-order valence-corrected chi connectivity index (χ0v) is 10.1. The minimum absolute atomic E-state index is 0.0207. The lowest BCUT2D eigenvalue weighted by molar-refractivity contribution is -0.138. The number of nitrogens with one attached hydrogen (secondary N) is 1. The molecule has 0 radical (unpaired) electrons. The molecule has 0 saturated heterocycles. The van der Waals surface area contributed by atoms with Gasteiger partial charge in [0.25, 0.3) is 5.56 Å². The second-order valence-electron chi connectivity index (χ2n) is 3.98. The summed E-state index contributed by atoms with van der Waals surface area (Å²) in [6, 6.07) is 5.73. The first-order valence-corrected chi connectivity index (χ1v) is 5.65. The highest BCUT2D eigenvalue weighted by Gasteiger charge is 2.15. The van der Waals surface area contributed by atoms with Crippen LogP contribution in [0.4, 0.5) is 0 Å². The number of carboxylic acids is 1. The fourth-order valence-corrected chi connectivity index (χ4v) is 1.94. The third kappa shape index (κ3) is 2.37. The second kappa shape index (κ2) is 4.80. The van der Waals surface area contributed by atoms with Gasteiger partial charge in [0.05, 0.1) is 10.5 Å². The van der Waals surface area contributed by atoms with E-state index >= 15 is 0 Å². The van der Waals surface area contributed by atoms with Gasteiger partial charge in [-0.1, -0.05) is 23.7 Å². The number of pyridine rings is 1. The van der Waals surface area contributed by atoms with Crippen LogP contribution in [0.15, 0.2) is 29.1 Å². The van der Waals surface area contributed by atoms with Crippen molar-refractivity contribution < 1.29 is 9.90 Å². The molecule has 1 aromatic heterocycles. The summed E-state index contributed by atoms with van der Waals surface area (Å²) in [5.41, 5.74) is 5.92. The van der Waals surface area contributed by atoms with Gasteiger partial charge in [0.1, 0.15) is 6.04 Å². The van der Waals surface area contributed by atoms with Crippen LogP contribution >= 0.6 is 11.6 Å². The molecule has 2 rings (SSSR count). The normalized spacial score (nSPS) is 12.6. The van der Waals surface area contributed by atoms with Crippen molar-refractivity contribution >= 4 is 28.5 Å². The molecule has 0 aliphatic rings. The van der Waals surface area contributed by atoms with Crippen LogP contribution in [0.3, 0.4) is 0 Å². The van der Waals surface area contributed by atoms with Crippen molar-refractivity contribution in [3.05, 3.63) is 45.2 Å². The average molecular weight is 267 g/mol. The van der Waals surface area contributed by atoms with E-state index in [1.54, 1.807) is 24.3 Å². The minimum Gasteiger partial charge on any atom is -0.480 e. The monoisotopic (exact) mass is 266 g/mol. The molecule has 1 unspecified atom stereocenters. The minimum atomic E-state index is -1.14. The first-order valence-electron chi connectivity index (χ1n) is 5.28. The lowest BCUT2D eigenvalue weighted by Crippen LogP contribution is -2.34. The van der Waals surface area contributed by atoms with Crippen LogP contribution < -0.4 is 11.3 Å². The molecule has 18 heavy (non-hydrogen) atoms. The van der Waals surface area contributed by atoms with E-state index in [1.807, 2.05) is 0 Å². The van der Waals surface area contributed by atoms with Gasteiger partial charge in [-0.15, -0.1) is 0 Å². The third-order valence-electron chi connectivity index (χ3n) is 2.66. The molecule has 0 spiro atoms. The molecule has 1 atom stereocenters. The zero-order valence-electron chi connectivity index (χ0n) is 9.31. The Morgan fingerprint density at radius 1 is 1.50 bits per heavy atom. The molecule has 2 aromatic rings. The first-order chi connectivity index (χ1) is 8.49. The van der Waals surface area contributed by atoms with Crippen LogP contribution in [0.1, 0.15) is 5.56 Å². The van der Waals surface area contributed by atoms with Gasteiger partial charge in [0.15, 0.2) is 0 Å². The van der Waals surface area contributed by atoms with E-state index in [0.717, 1.165) is 5.39 Å². The number of carboxylic acid groups (broad SMARTS) is 1. The topological polar surface area (TPSA) is 96.2 Å². The predicted octanol–water partition coefficient (Wildman–Crippen LogP) is 1.14. The van der Waals surface area contributed by atoms with E-state index in [0.29, 0.717) is 16.1 Å². The number of nitrogens with two attached hydrogens (primary N) is 1. The SMILES string of the molecule is NC(Cc1cc2cccc(Cl)c2[nH]c1=O)C(=O)O. The Kier molecular flexibility index (Phi) is 3.36. The van der Waals surface area contributed by atoms with E-state index in [4.69, 9.17) is 22.4 Å². The first kappa shape index (κ1) is 12.6. The quantitative estimate of drug-likeness (QED) is 0.776. The van der Waals surface area contributed by atoms with Crippen LogP contribution in [0, 0.1) is 0 Å². The summed E-state index contributed by atoms with van der Waals surface area (Å²) in [7, 11) is 0. The van der Waals surface area contributed by atoms with Crippen molar-refractivity contribution in [3.63, 3.8) is 0 Å². The van der Waals surface area contributed by atoms with Gasteiger partial charge < -0.3 is 15.8 Å². The number of H-pyrrole nitrogens is 1. The number of fused-ring (bicyclic) bond motifs is 1. The number of carbonyl (C=O) groups is 1. The van der Waals surface area contributed by atoms with Crippen molar-refractivity contribution in [1.29, 1.82) is 0 Å². The van der Waals surface area contributed by atoms with E-state index in [9.17, 15) is 9.59 Å². The molecule has 0 bridgehead atoms. The highest BCUT2D eigenvalue weighted by atomic mass is 35.5. The zero-order chi connectivity index (χ0) is 13.3. The Morgan fingerprint density at radius 2 is 2.22 bits per heavy atom. The molecular weight excluding hydrogens is 256 g/mol. The Bertz CT molecular complexity index is 666. The van der Waals surface area contributed by atoms with Gasteiger partial charge >= 0.3 is 5.97 Å². The number of aromatic nitrogens is 1. The van der Waals surface area contributed by atoms with Crippen LogP contribution in [0.25, 0.3) is 10.9 Å². The van der Waals surface area contributed by atoms with Gasteiger partial charge in [0, 0.05) is 17.4 Å². The van der Waals surface area contributed by atoms with Crippen LogP contribution in [-0.4, -0.2) is 22.1 Å². The molecular formula is C12H11ClN2O3. The Morgan fingerprint density at radius 3 is 2.89 bits per heavy atom. The van der Waals surface area contributed by atoms with E-state index in [2.05, 4.69) is 4.98 Å². The Labute approximate surface area is 107 Å². The fraction of sp³-hybridized carbons (Fsp3) is 0.167.